The van der Waals surface area contributed by atoms with Crippen molar-refractivity contribution < 1.29 is 14.6 Å². The third-order valence-corrected chi connectivity index (χ3v) is 3.92. The van der Waals surface area contributed by atoms with Gasteiger partial charge in [0.05, 0.1) is 12.3 Å². The number of carboxylic acid groups (broad SMARTS) is 1. The summed E-state index contributed by atoms with van der Waals surface area (Å²) in [5.74, 6) is -0.177. The average molecular weight is 256 g/mol. The molecule has 6 heteroatoms. The Hall–Kier alpha value is -1.14. The molecule has 0 radical (unpaired) electrons. The van der Waals surface area contributed by atoms with Crippen LogP contribution in [0.3, 0.4) is 0 Å². The van der Waals surface area contributed by atoms with Gasteiger partial charge in [0.15, 0.2) is 5.13 Å². The van der Waals surface area contributed by atoms with Crippen LogP contribution in [0.2, 0.25) is 0 Å². The molecule has 0 saturated heterocycles. The van der Waals surface area contributed by atoms with E-state index in [1.165, 1.54) is 24.2 Å². The fraction of sp³-hybridized carbons (Fsp3) is 0.636. The summed E-state index contributed by atoms with van der Waals surface area (Å²) in [5, 5.41) is 9.84. The molecule has 1 saturated carbocycles. The third-order valence-electron chi connectivity index (χ3n) is 2.72. The van der Waals surface area contributed by atoms with Crippen LogP contribution in [0.5, 0.6) is 0 Å². The molecule has 5 nitrogen and oxygen atoms in total. The maximum absolute atomic E-state index is 11.1. The molecule has 1 heterocycles. The molecule has 17 heavy (non-hydrogen) atoms. The normalized spacial score (nSPS) is 14.9. The van der Waals surface area contributed by atoms with E-state index in [0.29, 0.717) is 5.69 Å². The van der Waals surface area contributed by atoms with Gasteiger partial charge in [0.25, 0.3) is 0 Å². The van der Waals surface area contributed by atoms with E-state index in [-0.39, 0.29) is 11.5 Å². The van der Waals surface area contributed by atoms with Crippen molar-refractivity contribution in [3.05, 3.63) is 10.6 Å². The van der Waals surface area contributed by atoms with E-state index in [1.807, 2.05) is 11.9 Å². The Kier molecular flexibility index (Phi) is 3.63. The van der Waals surface area contributed by atoms with Crippen LogP contribution in [0, 0.1) is 5.92 Å². The molecule has 0 unspecified atom stereocenters. The van der Waals surface area contributed by atoms with E-state index in [2.05, 4.69) is 4.98 Å². The molecule has 0 spiro atoms. The van der Waals surface area contributed by atoms with E-state index < -0.39 is 5.97 Å². The lowest BCUT2D eigenvalue weighted by Gasteiger charge is -2.14. The molecular formula is C11H16N2O3S. The minimum atomic E-state index is -0.930. The molecule has 1 fully saturated rings. The Labute approximate surface area is 104 Å². The lowest BCUT2D eigenvalue weighted by molar-refractivity contribution is 0.0697. The first-order chi connectivity index (χ1) is 8.11. The van der Waals surface area contributed by atoms with Crippen molar-refractivity contribution in [2.75, 3.05) is 25.6 Å². The number of aromatic carboxylic acids is 1. The van der Waals surface area contributed by atoms with Gasteiger partial charge in [-0.15, -0.1) is 0 Å². The number of carbonyl (C=O) groups is 1. The predicted octanol–water partition coefficient (Wildman–Crippen LogP) is 1.83. The van der Waals surface area contributed by atoms with Crippen LogP contribution in [-0.4, -0.2) is 36.8 Å². The standard InChI is InChI=1S/C11H16N2O3S/c1-13(5-7-3-4-7)11-12-8(6-16-2)9(17-11)10(14)15/h7H,3-6H2,1-2H3,(H,14,15). The lowest BCUT2D eigenvalue weighted by atomic mass is 10.4. The van der Waals surface area contributed by atoms with Gasteiger partial charge < -0.3 is 14.7 Å². The van der Waals surface area contributed by atoms with Gasteiger partial charge in [-0.3, -0.25) is 0 Å². The third kappa shape index (κ3) is 2.95. The summed E-state index contributed by atoms with van der Waals surface area (Å²) in [6.45, 7) is 1.20. The second-order valence-electron chi connectivity index (χ2n) is 4.33. The number of thiazole rings is 1. The number of rotatable bonds is 6. The summed E-state index contributed by atoms with van der Waals surface area (Å²) < 4.78 is 4.97. The minimum Gasteiger partial charge on any atom is -0.477 e. The molecule has 1 N–H and O–H groups in total. The zero-order valence-electron chi connectivity index (χ0n) is 9.97. The van der Waals surface area contributed by atoms with Crippen molar-refractivity contribution >= 4 is 22.4 Å². The van der Waals surface area contributed by atoms with Crippen LogP contribution >= 0.6 is 11.3 Å². The predicted molar refractivity (Wildman–Crippen MR) is 65.8 cm³/mol. The second kappa shape index (κ2) is 5.01. The van der Waals surface area contributed by atoms with Gasteiger partial charge in [-0.1, -0.05) is 11.3 Å². The van der Waals surface area contributed by atoms with Gasteiger partial charge in [-0.25, -0.2) is 9.78 Å². The van der Waals surface area contributed by atoms with Crippen molar-refractivity contribution in [2.45, 2.75) is 19.4 Å². The summed E-state index contributed by atoms with van der Waals surface area (Å²) >= 11 is 1.22. The van der Waals surface area contributed by atoms with Crippen LogP contribution in [0.25, 0.3) is 0 Å². The van der Waals surface area contributed by atoms with E-state index in [1.54, 1.807) is 7.11 Å². The van der Waals surface area contributed by atoms with Crippen LogP contribution < -0.4 is 4.90 Å². The Bertz CT molecular complexity index is 415. The molecule has 0 amide bonds. The Morgan fingerprint density at radius 2 is 2.35 bits per heavy atom. The number of ether oxygens (including phenoxy) is 1. The van der Waals surface area contributed by atoms with Crippen molar-refractivity contribution in [2.24, 2.45) is 5.92 Å². The van der Waals surface area contributed by atoms with E-state index in [4.69, 9.17) is 9.84 Å². The number of methoxy groups -OCH3 is 1. The smallest absolute Gasteiger partial charge is 0.347 e. The average Bonchev–Trinajstić information content (AvgIpc) is 2.96. The molecule has 1 aromatic rings. The first-order valence-corrected chi connectivity index (χ1v) is 6.36. The minimum absolute atomic E-state index is 0.245. The molecule has 0 aliphatic heterocycles. The summed E-state index contributed by atoms with van der Waals surface area (Å²) in [7, 11) is 3.50. The molecule has 2 rings (SSSR count). The largest absolute Gasteiger partial charge is 0.477 e. The van der Waals surface area contributed by atoms with Crippen molar-refractivity contribution in [1.82, 2.24) is 4.98 Å². The first kappa shape index (κ1) is 12.3. The molecule has 1 aliphatic rings. The second-order valence-corrected chi connectivity index (χ2v) is 5.31. The van der Waals surface area contributed by atoms with E-state index in [9.17, 15) is 4.79 Å². The fourth-order valence-electron chi connectivity index (χ4n) is 1.67. The van der Waals surface area contributed by atoms with Crippen molar-refractivity contribution in [3.63, 3.8) is 0 Å². The topological polar surface area (TPSA) is 62.7 Å². The van der Waals surface area contributed by atoms with Gasteiger partial charge in [0.1, 0.15) is 4.88 Å². The SMILES string of the molecule is COCc1nc(N(C)CC2CC2)sc1C(=O)O. The van der Waals surface area contributed by atoms with Gasteiger partial charge >= 0.3 is 5.97 Å². The molecular weight excluding hydrogens is 240 g/mol. The fourth-order valence-corrected chi connectivity index (χ4v) is 2.55. The van der Waals surface area contributed by atoms with Crippen molar-refractivity contribution in [3.8, 4) is 0 Å². The monoisotopic (exact) mass is 256 g/mol. The molecule has 94 valence electrons. The summed E-state index contributed by atoms with van der Waals surface area (Å²) in [5.41, 5.74) is 0.516. The highest BCUT2D eigenvalue weighted by molar-refractivity contribution is 7.17. The van der Waals surface area contributed by atoms with Crippen LogP contribution in [0.4, 0.5) is 5.13 Å². The quantitative estimate of drug-likeness (QED) is 0.841. The summed E-state index contributed by atoms with van der Waals surface area (Å²) in [4.78, 5) is 17.7. The van der Waals surface area contributed by atoms with E-state index >= 15 is 0 Å². The van der Waals surface area contributed by atoms with Crippen LogP contribution in [-0.2, 0) is 11.3 Å². The summed E-state index contributed by atoms with van der Waals surface area (Å²) in [6, 6.07) is 0. The van der Waals surface area contributed by atoms with E-state index in [0.717, 1.165) is 17.6 Å². The van der Waals surface area contributed by atoms with Crippen LogP contribution in [0.15, 0.2) is 0 Å². The highest BCUT2D eigenvalue weighted by Crippen LogP contribution is 2.33. The molecule has 0 aromatic carbocycles. The lowest BCUT2D eigenvalue weighted by Crippen LogP contribution is -2.19. The number of nitrogens with zero attached hydrogens (tertiary/aromatic N) is 2. The molecule has 0 atom stereocenters. The van der Waals surface area contributed by atoms with Gasteiger partial charge in [-0.05, 0) is 18.8 Å². The number of anilines is 1. The Morgan fingerprint density at radius 1 is 1.65 bits per heavy atom. The first-order valence-electron chi connectivity index (χ1n) is 5.55. The Balaban J connectivity index is 2.15. The highest BCUT2D eigenvalue weighted by atomic mass is 32.1. The number of carboxylic acids is 1. The van der Waals surface area contributed by atoms with Crippen LogP contribution in [0.1, 0.15) is 28.2 Å². The van der Waals surface area contributed by atoms with Gasteiger partial charge in [0, 0.05) is 20.7 Å². The van der Waals surface area contributed by atoms with Gasteiger partial charge in [-0.2, -0.15) is 0 Å². The maximum Gasteiger partial charge on any atom is 0.347 e. The Morgan fingerprint density at radius 3 is 2.88 bits per heavy atom. The van der Waals surface area contributed by atoms with Gasteiger partial charge in [0.2, 0.25) is 0 Å². The van der Waals surface area contributed by atoms with Crippen molar-refractivity contribution in [1.29, 1.82) is 0 Å². The maximum atomic E-state index is 11.1. The number of aromatic nitrogens is 1. The molecule has 1 aromatic heterocycles. The number of hydrogen-bond acceptors (Lipinski definition) is 5. The summed E-state index contributed by atoms with van der Waals surface area (Å²) in [6.07, 6.45) is 2.54. The zero-order chi connectivity index (χ0) is 12.4. The number of hydrogen-bond donors (Lipinski definition) is 1. The highest BCUT2D eigenvalue weighted by Gasteiger charge is 2.25. The molecule has 1 aliphatic carbocycles. The molecule has 0 bridgehead atoms. The zero-order valence-corrected chi connectivity index (χ0v) is 10.8.